The number of carbonyl (C=O) groups is 2. The Labute approximate surface area is 405 Å². The van der Waals surface area contributed by atoms with E-state index in [9.17, 15) is 43.5 Å². The van der Waals surface area contributed by atoms with Gasteiger partial charge in [0, 0.05) is 19.0 Å². The smallest absolute Gasteiger partial charge is 0.462 e. The van der Waals surface area contributed by atoms with Crippen molar-refractivity contribution in [1.82, 2.24) is 9.55 Å². The number of ether oxygens (including phenoxy) is 3. The molecule has 1 aromatic heterocycles. The molecule has 6 N–H and O–H groups in total. The van der Waals surface area contributed by atoms with Crippen molar-refractivity contribution in [3.8, 4) is 0 Å². The van der Waals surface area contributed by atoms with Crippen molar-refractivity contribution in [3.63, 3.8) is 0 Å². The highest BCUT2D eigenvalue weighted by molar-refractivity contribution is 7.61. The lowest BCUT2D eigenvalue weighted by Crippen LogP contribution is -2.36. The Hall–Kier alpha value is -2.76. The second kappa shape index (κ2) is 37.1. The van der Waals surface area contributed by atoms with Crippen molar-refractivity contribution >= 4 is 33.4 Å². The molecule has 1 aliphatic rings. The molecule has 18 nitrogen and oxygen atoms in total. The van der Waals surface area contributed by atoms with E-state index in [2.05, 4.69) is 47.4 Å². The first-order valence-electron chi connectivity index (χ1n) is 25.3. The Morgan fingerprint density at radius 3 is 1.65 bits per heavy atom. The van der Waals surface area contributed by atoms with Crippen molar-refractivity contribution in [1.29, 1.82) is 0 Å². The molecule has 0 saturated carbocycles. The maximum Gasteiger partial charge on any atom is 0.481 e. The van der Waals surface area contributed by atoms with Gasteiger partial charge in [0.2, 0.25) is 0 Å². The Morgan fingerprint density at radius 1 is 0.691 bits per heavy atom. The summed E-state index contributed by atoms with van der Waals surface area (Å²) in [5.74, 6) is -1.30. The number of rotatable bonds is 42. The Kier molecular flexibility index (Phi) is 33.5. The van der Waals surface area contributed by atoms with E-state index in [-0.39, 0.29) is 18.7 Å². The summed E-state index contributed by atoms with van der Waals surface area (Å²) >= 11 is 0. The third-order valence-corrected chi connectivity index (χ3v) is 14.1. The zero-order valence-corrected chi connectivity index (χ0v) is 42.7. The highest BCUT2D eigenvalue weighted by Crippen LogP contribution is 2.60. The Bertz CT molecular complexity index is 1730. The highest BCUT2D eigenvalue weighted by atomic mass is 31.3. The van der Waals surface area contributed by atoms with Gasteiger partial charge in [0.15, 0.2) is 12.3 Å². The number of esters is 2. The van der Waals surface area contributed by atoms with Crippen LogP contribution in [0.4, 0.5) is 5.82 Å². The van der Waals surface area contributed by atoms with Crippen LogP contribution in [0.3, 0.4) is 0 Å². The SMILES string of the molecule is CCCCCCC=CCCCCCCCCCC(=O)OC[C@H](COP(=O)(O)OP(=O)(O)OC[C@H]1O[C@@H](n2ccc(N)nc2=O)[C@H](O)[C@@H]1O)OC(=O)CCCCCCCCCC=CCCCCCC. The molecule has 0 aliphatic carbocycles. The van der Waals surface area contributed by atoms with Gasteiger partial charge in [0.25, 0.3) is 0 Å². The van der Waals surface area contributed by atoms with Gasteiger partial charge in [-0.1, -0.05) is 141 Å². The fraction of sp³-hybridized carbons (Fsp3) is 0.792. The number of anilines is 1. The number of aromatic nitrogens is 2. The normalized spacial score (nSPS) is 19.6. The summed E-state index contributed by atoms with van der Waals surface area (Å²) in [6.45, 7) is 2.13. The van der Waals surface area contributed by atoms with Crippen LogP contribution >= 0.6 is 15.6 Å². The zero-order chi connectivity index (χ0) is 49.9. The average Bonchev–Trinajstić information content (AvgIpc) is 3.57. The van der Waals surface area contributed by atoms with Crippen LogP contribution in [-0.2, 0) is 46.3 Å². The predicted octanol–water partition coefficient (Wildman–Crippen LogP) is 10.2. The van der Waals surface area contributed by atoms with Crippen LogP contribution < -0.4 is 11.4 Å². The predicted molar refractivity (Wildman–Crippen MR) is 261 cm³/mol. The lowest BCUT2D eigenvalue weighted by atomic mass is 10.1. The minimum absolute atomic E-state index is 0.0460. The summed E-state index contributed by atoms with van der Waals surface area (Å²) in [6.07, 6.45) is 31.1. The van der Waals surface area contributed by atoms with Gasteiger partial charge in [-0.05, 0) is 70.3 Å². The number of allylic oxidation sites excluding steroid dienone is 4. The van der Waals surface area contributed by atoms with Crippen LogP contribution in [-0.4, -0.2) is 85.7 Å². The van der Waals surface area contributed by atoms with Gasteiger partial charge in [-0.2, -0.15) is 9.29 Å². The number of nitrogens with zero attached hydrogens (tertiary/aromatic N) is 2. The summed E-state index contributed by atoms with van der Waals surface area (Å²) in [5.41, 5.74) is 4.59. The van der Waals surface area contributed by atoms with Crippen molar-refractivity contribution in [3.05, 3.63) is 47.1 Å². The van der Waals surface area contributed by atoms with E-state index in [1.165, 1.54) is 70.1 Å². The number of nitrogens with two attached hydrogens (primary N) is 1. The molecule has 0 bridgehead atoms. The molecule has 0 amide bonds. The van der Waals surface area contributed by atoms with E-state index in [4.69, 9.17) is 29.0 Å². The number of unbranched alkanes of at least 4 members (excludes halogenated alkanes) is 22. The van der Waals surface area contributed by atoms with Gasteiger partial charge in [-0.3, -0.25) is 23.2 Å². The van der Waals surface area contributed by atoms with E-state index >= 15 is 0 Å². The van der Waals surface area contributed by atoms with E-state index < -0.39 is 83.7 Å². The van der Waals surface area contributed by atoms with E-state index in [0.29, 0.717) is 12.8 Å². The van der Waals surface area contributed by atoms with Crippen LogP contribution in [0.2, 0.25) is 0 Å². The number of phosphoric acid groups is 2. The maximum atomic E-state index is 12.8. The number of hydrogen-bond donors (Lipinski definition) is 5. The van der Waals surface area contributed by atoms with E-state index in [1.807, 2.05) is 0 Å². The molecular formula is C48H85N3O15P2. The molecular weight excluding hydrogens is 920 g/mol. The monoisotopic (exact) mass is 1010 g/mol. The molecule has 1 saturated heterocycles. The number of aliphatic hydroxyl groups excluding tert-OH is 2. The number of hydrogen-bond acceptors (Lipinski definition) is 15. The first kappa shape index (κ1) is 61.4. The standard InChI is InChI=1S/C48H85N3O15P2/c1-3-5-7-9-11-13-15-17-19-21-23-25-27-29-31-33-43(52)61-37-40(64-44(53)34-32-30-28-26-24-22-20-18-16-14-12-10-8-6-4-2)38-62-67(57,58)66-68(59,60)63-39-41-45(54)46(55)47(65-41)51-36-35-42(49)50-48(51)56/h13-16,35-36,40-41,45-47,54-55H,3-12,17-34,37-39H2,1-2H3,(H,57,58)(H,59,60)(H2,49,50,56)/t40-,41-,45-,46-,47-/m1/s1. The molecule has 1 aromatic rings. The molecule has 1 fully saturated rings. The topological polar surface area (TPSA) is 265 Å². The number of aliphatic hydroxyl groups is 2. The molecule has 0 spiro atoms. The number of phosphoric ester groups is 2. The van der Waals surface area contributed by atoms with Gasteiger partial charge in [0.05, 0.1) is 13.2 Å². The minimum atomic E-state index is -5.42. The van der Waals surface area contributed by atoms with Gasteiger partial charge in [-0.25, -0.2) is 13.9 Å². The lowest BCUT2D eigenvalue weighted by Gasteiger charge is -2.21. The molecule has 2 heterocycles. The van der Waals surface area contributed by atoms with Crippen molar-refractivity contribution in [2.75, 3.05) is 25.6 Å². The molecule has 0 aromatic carbocycles. The Morgan fingerprint density at radius 2 is 1.15 bits per heavy atom. The quantitative estimate of drug-likeness (QED) is 0.0176. The van der Waals surface area contributed by atoms with Crippen molar-refractivity contribution < 1.29 is 66.3 Å². The summed E-state index contributed by atoms with van der Waals surface area (Å²) in [5, 5.41) is 20.9. The first-order chi connectivity index (χ1) is 32.7. The summed E-state index contributed by atoms with van der Waals surface area (Å²) in [4.78, 5) is 61.9. The molecule has 7 atom stereocenters. The van der Waals surface area contributed by atoms with E-state index in [0.717, 1.165) is 101 Å². The summed E-state index contributed by atoms with van der Waals surface area (Å²) in [6, 6.07) is 1.25. The highest BCUT2D eigenvalue weighted by Gasteiger charge is 2.46. The average molecular weight is 1010 g/mol. The molecule has 0 radical (unpaired) electrons. The first-order valence-corrected chi connectivity index (χ1v) is 28.3. The number of carbonyl (C=O) groups excluding carboxylic acids is 2. The largest absolute Gasteiger partial charge is 0.481 e. The van der Waals surface area contributed by atoms with Crippen LogP contribution in [0, 0.1) is 0 Å². The fourth-order valence-corrected chi connectivity index (χ4v) is 9.65. The van der Waals surface area contributed by atoms with Gasteiger partial charge in [0.1, 0.15) is 30.7 Å². The third kappa shape index (κ3) is 29.4. The second-order valence-corrected chi connectivity index (χ2v) is 20.7. The van der Waals surface area contributed by atoms with Crippen molar-refractivity contribution in [2.24, 2.45) is 0 Å². The molecule has 1 aliphatic heterocycles. The molecule has 68 heavy (non-hydrogen) atoms. The number of nitrogen functional groups attached to an aromatic ring is 1. The van der Waals surface area contributed by atoms with Crippen molar-refractivity contribution in [2.45, 2.75) is 224 Å². The van der Waals surface area contributed by atoms with E-state index in [1.54, 1.807) is 0 Å². The minimum Gasteiger partial charge on any atom is -0.462 e. The van der Waals surface area contributed by atoms with Crippen LogP contribution in [0.5, 0.6) is 0 Å². The van der Waals surface area contributed by atoms with Gasteiger partial charge in [-0.15, -0.1) is 0 Å². The molecule has 392 valence electrons. The molecule has 2 rings (SSSR count). The fourth-order valence-electron chi connectivity index (χ4n) is 7.54. The molecule has 2 unspecified atom stereocenters. The lowest BCUT2D eigenvalue weighted by molar-refractivity contribution is -0.161. The second-order valence-electron chi connectivity index (χ2n) is 17.7. The Balaban J connectivity index is 1.80. The third-order valence-electron chi connectivity index (χ3n) is 11.5. The maximum absolute atomic E-state index is 12.8. The van der Waals surface area contributed by atoms with Gasteiger partial charge < -0.3 is 39.9 Å². The zero-order valence-electron chi connectivity index (χ0n) is 40.9. The molecule has 20 heteroatoms. The van der Waals surface area contributed by atoms with Gasteiger partial charge >= 0.3 is 33.3 Å². The summed E-state index contributed by atoms with van der Waals surface area (Å²) < 4.78 is 56.8. The van der Waals surface area contributed by atoms with Crippen LogP contribution in [0.1, 0.15) is 200 Å². The van der Waals surface area contributed by atoms with Crippen LogP contribution in [0.15, 0.2) is 41.4 Å². The van der Waals surface area contributed by atoms with Crippen LogP contribution in [0.25, 0.3) is 0 Å². The summed E-state index contributed by atoms with van der Waals surface area (Å²) in [7, 11) is -10.8.